The Balaban J connectivity index is 1.42. The van der Waals surface area contributed by atoms with Crippen LogP contribution in [0.15, 0.2) is 83.9 Å². The number of piperazine rings is 1. The van der Waals surface area contributed by atoms with Crippen LogP contribution in [0.5, 0.6) is 0 Å². The van der Waals surface area contributed by atoms with Crippen molar-refractivity contribution in [3.63, 3.8) is 0 Å². The number of aromatic amines is 1. The molecule has 5 rings (SSSR count). The standard InChI is InChI=1S/C33H40N6O4S/c1-23(27-21-34-28-13-9-8-12-26(27)28)31(36-33(41)39-18-16-38(17-19-39)25-10-6-5-7-11-25)32(40)35-29-20-24(22-37(2)3)14-15-30(29)44(4,42)43/h5-15,20-21,23,31,34H,16-19,22H2,1-4H3,(H,35,40)(H,36,41)/t23-,31+/m0/s1. The lowest BCUT2D eigenvalue weighted by Crippen LogP contribution is -2.56. The summed E-state index contributed by atoms with van der Waals surface area (Å²) in [6.45, 7) is 4.80. The first-order valence-corrected chi connectivity index (χ1v) is 16.6. The maximum atomic E-state index is 14.1. The number of urea groups is 1. The number of para-hydroxylation sites is 2. The fraction of sp³-hybridized carbons (Fsp3) is 0.333. The minimum absolute atomic E-state index is 0.0233. The molecule has 1 fully saturated rings. The van der Waals surface area contributed by atoms with E-state index < -0.39 is 27.7 Å². The molecule has 3 N–H and O–H groups in total. The summed E-state index contributed by atoms with van der Waals surface area (Å²) < 4.78 is 25.3. The highest BCUT2D eigenvalue weighted by molar-refractivity contribution is 7.90. The SMILES string of the molecule is C[C@@H](c1c[nH]c2ccccc12)[C@@H](NC(=O)N1CCN(c2ccccc2)CC1)C(=O)Nc1cc(CN(C)C)ccc1S(C)(=O)=O. The Morgan fingerprint density at radius 1 is 0.955 bits per heavy atom. The summed E-state index contributed by atoms with van der Waals surface area (Å²) in [6, 6.07) is 21.5. The molecular weight excluding hydrogens is 576 g/mol. The number of hydrogen-bond acceptors (Lipinski definition) is 6. The van der Waals surface area contributed by atoms with Crippen molar-refractivity contribution in [3.8, 4) is 0 Å². The smallest absolute Gasteiger partial charge is 0.318 e. The highest BCUT2D eigenvalue weighted by Gasteiger charge is 2.33. The van der Waals surface area contributed by atoms with Gasteiger partial charge in [0, 0.05) is 67.7 Å². The maximum Gasteiger partial charge on any atom is 0.318 e. The number of benzene rings is 3. The number of hydrogen-bond donors (Lipinski definition) is 3. The van der Waals surface area contributed by atoms with Crippen LogP contribution in [-0.2, 0) is 21.2 Å². The van der Waals surface area contributed by atoms with Gasteiger partial charge in [0.2, 0.25) is 5.91 Å². The molecule has 0 radical (unpaired) electrons. The summed E-state index contributed by atoms with van der Waals surface area (Å²) in [6.07, 6.45) is 2.98. The van der Waals surface area contributed by atoms with Gasteiger partial charge in [-0.15, -0.1) is 0 Å². The molecule has 1 aliphatic heterocycles. The first-order chi connectivity index (χ1) is 21.0. The monoisotopic (exact) mass is 616 g/mol. The van der Waals surface area contributed by atoms with Crippen LogP contribution in [0.2, 0.25) is 0 Å². The number of fused-ring (bicyclic) bond motifs is 1. The molecule has 1 saturated heterocycles. The van der Waals surface area contributed by atoms with Crippen LogP contribution >= 0.6 is 0 Å². The van der Waals surface area contributed by atoms with Gasteiger partial charge in [-0.2, -0.15) is 0 Å². The second-order valence-electron chi connectivity index (χ2n) is 11.6. The second kappa shape index (κ2) is 13.1. The molecule has 0 saturated carbocycles. The predicted octanol–water partition coefficient (Wildman–Crippen LogP) is 4.28. The van der Waals surface area contributed by atoms with E-state index >= 15 is 0 Å². The predicted molar refractivity (Wildman–Crippen MR) is 175 cm³/mol. The number of anilines is 2. The molecule has 0 bridgehead atoms. The van der Waals surface area contributed by atoms with E-state index in [0.29, 0.717) is 32.7 Å². The molecule has 232 valence electrons. The van der Waals surface area contributed by atoms with Gasteiger partial charge in [-0.3, -0.25) is 4.79 Å². The van der Waals surface area contributed by atoms with Crippen molar-refractivity contribution in [2.75, 3.05) is 56.7 Å². The molecule has 1 aromatic heterocycles. The highest BCUT2D eigenvalue weighted by atomic mass is 32.2. The number of amides is 3. The van der Waals surface area contributed by atoms with Gasteiger partial charge in [-0.1, -0.05) is 49.4 Å². The fourth-order valence-corrected chi connectivity index (χ4v) is 6.60. The van der Waals surface area contributed by atoms with E-state index in [1.807, 2.05) is 74.6 Å². The van der Waals surface area contributed by atoms with Crippen molar-refractivity contribution in [1.29, 1.82) is 0 Å². The minimum atomic E-state index is -3.64. The Hall–Kier alpha value is -4.35. The van der Waals surface area contributed by atoms with E-state index in [2.05, 4.69) is 32.7 Å². The van der Waals surface area contributed by atoms with Crippen LogP contribution in [0.1, 0.15) is 24.0 Å². The van der Waals surface area contributed by atoms with Gasteiger partial charge < -0.3 is 30.3 Å². The summed E-state index contributed by atoms with van der Waals surface area (Å²) >= 11 is 0. The molecule has 11 heteroatoms. The molecule has 3 amide bonds. The van der Waals surface area contributed by atoms with Crippen molar-refractivity contribution in [2.24, 2.45) is 0 Å². The van der Waals surface area contributed by atoms with Gasteiger partial charge in [0.1, 0.15) is 6.04 Å². The first-order valence-electron chi connectivity index (χ1n) is 14.7. The second-order valence-corrected chi connectivity index (χ2v) is 13.6. The van der Waals surface area contributed by atoms with E-state index in [-0.39, 0.29) is 16.6 Å². The van der Waals surface area contributed by atoms with Gasteiger partial charge >= 0.3 is 6.03 Å². The molecule has 0 aliphatic carbocycles. The summed E-state index contributed by atoms with van der Waals surface area (Å²) in [4.78, 5) is 36.9. The van der Waals surface area contributed by atoms with Crippen LogP contribution in [0.25, 0.3) is 10.9 Å². The molecule has 4 aromatic rings. The molecule has 10 nitrogen and oxygen atoms in total. The summed E-state index contributed by atoms with van der Waals surface area (Å²) in [5, 5.41) is 6.83. The normalized spacial score (nSPS) is 15.3. The Labute approximate surface area is 259 Å². The van der Waals surface area contributed by atoms with Gasteiger partial charge in [-0.05, 0) is 55.6 Å². The number of nitrogens with zero attached hydrogens (tertiary/aromatic N) is 3. The lowest BCUT2D eigenvalue weighted by Gasteiger charge is -2.37. The summed E-state index contributed by atoms with van der Waals surface area (Å²) in [7, 11) is 0.183. The van der Waals surface area contributed by atoms with E-state index in [0.717, 1.165) is 34.0 Å². The van der Waals surface area contributed by atoms with E-state index in [9.17, 15) is 18.0 Å². The Morgan fingerprint density at radius 3 is 2.32 bits per heavy atom. The number of carbonyl (C=O) groups is 2. The number of aromatic nitrogens is 1. The van der Waals surface area contributed by atoms with Crippen molar-refractivity contribution in [3.05, 3.63) is 90.1 Å². The quantitative estimate of drug-likeness (QED) is 0.259. The third-order valence-corrected chi connectivity index (χ3v) is 9.22. The first kappa shape index (κ1) is 31.1. The molecule has 2 atom stereocenters. The largest absolute Gasteiger partial charge is 0.368 e. The average Bonchev–Trinajstić information content (AvgIpc) is 3.43. The third kappa shape index (κ3) is 7.06. The van der Waals surface area contributed by atoms with E-state index in [4.69, 9.17) is 0 Å². The van der Waals surface area contributed by atoms with Crippen LogP contribution in [-0.4, -0.2) is 87.7 Å². The molecule has 2 heterocycles. The van der Waals surface area contributed by atoms with Crippen LogP contribution in [0.4, 0.5) is 16.2 Å². The molecular formula is C33H40N6O4S. The maximum absolute atomic E-state index is 14.1. The number of sulfone groups is 1. The lowest BCUT2D eigenvalue weighted by atomic mass is 9.92. The molecule has 3 aromatic carbocycles. The third-order valence-electron chi connectivity index (χ3n) is 8.06. The highest BCUT2D eigenvalue weighted by Crippen LogP contribution is 2.30. The molecule has 0 spiro atoms. The minimum Gasteiger partial charge on any atom is -0.368 e. The van der Waals surface area contributed by atoms with E-state index in [1.165, 1.54) is 6.07 Å². The number of rotatable bonds is 9. The van der Waals surface area contributed by atoms with Gasteiger partial charge in [0.25, 0.3) is 0 Å². The van der Waals surface area contributed by atoms with Gasteiger partial charge in [0.15, 0.2) is 9.84 Å². The zero-order chi connectivity index (χ0) is 31.4. The Kier molecular flexibility index (Phi) is 9.26. The average molecular weight is 617 g/mol. The van der Waals surface area contributed by atoms with E-state index in [1.54, 1.807) is 17.0 Å². The number of H-pyrrole nitrogens is 1. The molecule has 1 aliphatic rings. The van der Waals surface area contributed by atoms with Crippen molar-refractivity contribution in [2.45, 2.75) is 30.3 Å². The van der Waals surface area contributed by atoms with Crippen LogP contribution < -0.4 is 15.5 Å². The molecule has 0 unspecified atom stereocenters. The summed E-state index contributed by atoms with van der Waals surface area (Å²) in [5.41, 5.74) is 3.95. The van der Waals surface area contributed by atoms with Crippen LogP contribution in [0, 0.1) is 0 Å². The van der Waals surface area contributed by atoms with Crippen molar-refractivity contribution >= 4 is 44.1 Å². The van der Waals surface area contributed by atoms with Gasteiger partial charge in [0.05, 0.1) is 10.6 Å². The van der Waals surface area contributed by atoms with Gasteiger partial charge in [-0.25, -0.2) is 13.2 Å². The zero-order valence-electron chi connectivity index (χ0n) is 25.6. The number of nitrogens with one attached hydrogen (secondary N) is 3. The number of carbonyl (C=O) groups excluding carboxylic acids is 2. The van der Waals surface area contributed by atoms with Crippen molar-refractivity contribution in [1.82, 2.24) is 20.1 Å². The Morgan fingerprint density at radius 2 is 1.64 bits per heavy atom. The fourth-order valence-electron chi connectivity index (χ4n) is 5.77. The molecule has 44 heavy (non-hydrogen) atoms. The van der Waals surface area contributed by atoms with Crippen LogP contribution in [0.3, 0.4) is 0 Å². The summed E-state index contributed by atoms with van der Waals surface area (Å²) in [5.74, 6) is -0.932. The lowest BCUT2D eigenvalue weighted by molar-refractivity contribution is -0.118. The topological polar surface area (TPSA) is 118 Å². The Bertz CT molecular complexity index is 1730. The van der Waals surface area contributed by atoms with Crippen molar-refractivity contribution < 1.29 is 18.0 Å². The zero-order valence-corrected chi connectivity index (χ0v) is 26.4.